The smallest absolute Gasteiger partial charge is 0.191 e. The summed E-state index contributed by atoms with van der Waals surface area (Å²) in [5.41, 5.74) is 1.97. The van der Waals surface area contributed by atoms with Gasteiger partial charge in [0, 0.05) is 13.1 Å². The van der Waals surface area contributed by atoms with E-state index in [0.717, 1.165) is 19.5 Å². The van der Waals surface area contributed by atoms with Crippen LogP contribution in [0.4, 0.5) is 4.39 Å². The minimum atomic E-state index is -0.625. The Bertz CT molecular complexity index is 644. The molecule has 0 atom stereocenters. The number of nitrogens with zero attached hydrogens (tertiary/aromatic N) is 1. The van der Waals surface area contributed by atoms with Crippen molar-refractivity contribution in [2.45, 2.75) is 19.9 Å². The number of nitrogens with one attached hydrogen (secondary N) is 2. The van der Waals surface area contributed by atoms with Crippen molar-refractivity contribution in [2.75, 3.05) is 13.1 Å². The Labute approximate surface area is 136 Å². The number of rotatable bonds is 6. The van der Waals surface area contributed by atoms with Gasteiger partial charge in [-0.3, -0.25) is 0 Å². The molecular formula is C18H22FN3O. The summed E-state index contributed by atoms with van der Waals surface area (Å²) in [7, 11) is 0. The molecule has 0 aliphatic carbocycles. The van der Waals surface area contributed by atoms with Crippen LogP contribution in [0.1, 0.15) is 18.1 Å². The van der Waals surface area contributed by atoms with E-state index in [1.54, 1.807) is 6.07 Å². The number of phenols is 1. The topological polar surface area (TPSA) is 56.7 Å². The fourth-order valence-corrected chi connectivity index (χ4v) is 2.13. The summed E-state index contributed by atoms with van der Waals surface area (Å²) in [6, 6.07) is 14.5. The van der Waals surface area contributed by atoms with Gasteiger partial charge in [-0.25, -0.2) is 9.38 Å². The van der Waals surface area contributed by atoms with Crippen LogP contribution in [0.25, 0.3) is 0 Å². The molecule has 0 saturated heterocycles. The minimum Gasteiger partial charge on any atom is -0.505 e. The zero-order valence-electron chi connectivity index (χ0n) is 13.2. The van der Waals surface area contributed by atoms with Gasteiger partial charge in [0.05, 0.1) is 6.54 Å². The third-order valence-corrected chi connectivity index (χ3v) is 3.33. The monoisotopic (exact) mass is 315 g/mol. The first-order valence-corrected chi connectivity index (χ1v) is 7.72. The third kappa shape index (κ3) is 5.62. The van der Waals surface area contributed by atoms with Crippen LogP contribution in [0, 0.1) is 5.82 Å². The highest BCUT2D eigenvalue weighted by Crippen LogP contribution is 2.16. The van der Waals surface area contributed by atoms with Crippen molar-refractivity contribution in [1.82, 2.24) is 10.6 Å². The standard InChI is InChI=1S/C18H22FN3O/c1-2-20-18(21-11-10-14-6-4-3-5-7-14)22-13-15-8-9-17(23)16(19)12-15/h3-9,12,23H,2,10-11,13H2,1H3,(H2,20,21,22). The van der Waals surface area contributed by atoms with Crippen LogP contribution in [0.15, 0.2) is 53.5 Å². The van der Waals surface area contributed by atoms with Gasteiger partial charge in [0.2, 0.25) is 0 Å². The van der Waals surface area contributed by atoms with Gasteiger partial charge in [0.25, 0.3) is 0 Å². The molecule has 0 aromatic heterocycles. The second-order valence-electron chi connectivity index (χ2n) is 5.14. The van der Waals surface area contributed by atoms with E-state index >= 15 is 0 Å². The quantitative estimate of drug-likeness (QED) is 0.567. The Balaban J connectivity index is 1.90. The molecule has 4 nitrogen and oxygen atoms in total. The van der Waals surface area contributed by atoms with Gasteiger partial charge in [0.1, 0.15) is 0 Å². The van der Waals surface area contributed by atoms with Gasteiger partial charge in [0.15, 0.2) is 17.5 Å². The van der Waals surface area contributed by atoms with Gasteiger partial charge in [-0.2, -0.15) is 0 Å². The molecule has 0 fully saturated rings. The highest BCUT2D eigenvalue weighted by atomic mass is 19.1. The molecule has 2 rings (SSSR count). The van der Waals surface area contributed by atoms with E-state index in [0.29, 0.717) is 18.1 Å². The molecule has 0 spiro atoms. The molecule has 122 valence electrons. The maximum Gasteiger partial charge on any atom is 0.191 e. The van der Waals surface area contributed by atoms with Crippen LogP contribution < -0.4 is 10.6 Å². The fourth-order valence-electron chi connectivity index (χ4n) is 2.13. The first-order chi connectivity index (χ1) is 11.2. The predicted molar refractivity (Wildman–Crippen MR) is 91.0 cm³/mol. The summed E-state index contributed by atoms with van der Waals surface area (Å²) in [4.78, 5) is 4.43. The highest BCUT2D eigenvalue weighted by molar-refractivity contribution is 5.79. The number of halogens is 1. The average Bonchev–Trinajstić information content (AvgIpc) is 2.56. The summed E-state index contributed by atoms with van der Waals surface area (Å²) in [6.45, 7) is 3.85. The van der Waals surface area contributed by atoms with E-state index in [-0.39, 0.29) is 5.75 Å². The highest BCUT2D eigenvalue weighted by Gasteiger charge is 2.02. The Kier molecular flexibility index (Phi) is 6.41. The predicted octanol–water partition coefficient (Wildman–Crippen LogP) is 2.83. The molecule has 3 N–H and O–H groups in total. The number of aliphatic imine (C=N–C) groups is 1. The van der Waals surface area contributed by atoms with E-state index in [9.17, 15) is 9.50 Å². The first-order valence-electron chi connectivity index (χ1n) is 7.72. The molecule has 0 aliphatic rings. The minimum absolute atomic E-state index is 0.342. The third-order valence-electron chi connectivity index (χ3n) is 3.33. The lowest BCUT2D eigenvalue weighted by Gasteiger charge is -2.11. The van der Waals surface area contributed by atoms with Crippen molar-refractivity contribution in [3.05, 3.63) is 65.5 Å². The lowest BCUT2D eigenvalue weighted by Crippen LogP contribution is -2.38. The summed E-state index contributed by atoms with van der Waals surface area (Å²) >= 11 is 0. The van der Waals surface area contributed by atoms with Crippen LogP contribution in [-0.2, 0) is 13.0 Å². The molecule has 2 aromatic carbocycles. The lowest BCUT2D eigenvalue weighted by atomic mass is 10.1. The Morgan fingerprint density at radius 1 is 1.09 bits per heavy atom. The molecule has 0 unspecified atom stereocenters. The van der Waals surface area contributed by atoms with Gasteiger partial charge < -0.3 is 15.7 Å². The number of benzene rings is 2. The van der Waals surface area contributed by atoms with Crippen LogP contribution in [0.3, 0.4) is 0 Å². The van der Waals surface area contributed by atoms with E-state index in [1.807, 2.05) is 25.1 Å². The molecule has 0 amide bonds. The maximum absolute atomic E-state index is 13.3. The average molecular weight is 315 g/mol. The van der Waals surface area contributed by atoms with Crippen LogP contribution in [-0.4, -0.2) is 24.2 Å². The van der Waals surface area contributed by atoms with Crippen molar-refractivity contribution in [3.63, 3.8) is 0 Å². The van der Waals surface area contributed by atoms with E-state index in [4.69, 9.17) is 0 Å². The number of hydrogen-bond donors (Lipinski definition) is 3. The lowest BCUT2D eigenvalue weighted by molar-refractivity contribution is 0.432. The number of hydrogen-bond acceptors (Lipinski definition) is 2. The Morgan fingerprint density at radius 3 is 2.57 bits per heavy atom. The van der Waals surface area contributed by atoms with Crippen molar-refractivity contribution < 1.29 is 9.50 Å². The summed E-state index contributed by atoms with van der Waals surface area (Å²) in [6.07, 6.45) is 0.902. The zero-order valence-corrected chi connectivity index (χ0v) is 13.2. The summed E-state index contributed by atoms with van der Waals surface area (Å²) in [5, 5.41) is 15.6. The zero-order chi connectivity index (χ0) is 16.5. The molecule has 0 saturated carbocycles. The van der Waals surface area contributed by atoms with E-state index < -0.39 is 5.82 Å². The molecule has 0 radical (unpaired) electrons. The molecule has 0 heterocycles. The van der Waals surface area contributed by atoms with Crippen molar-refractivity contribution in [2.24, 2.45) is 4.99 Å². The number of aromatic hydroxyl groups is 1. The fraction of sp³-hybridized carbons (Fsp3) is 0.278. The largest absolute Gasteiger partial charge is 0.505 e. The van der Waals surface area contributed by atoms with E-state index in [2.05, 4.69) is 27.8 Å². The van der Waals surface area contributed by atoms with E-state index in [1.165, 1.54) is 17.7 Å². The molecular weight excluding hydrogens is 293 g/mol. The second kappa shape index (κ2) is 8.78. The van der Waals surface area contributed by atoms with Crippen LogP contribution in [0.5, 0.6) is 5.75 Å². The first kappa shape index (κ1) is 16.8. The second-order valence-corrected chi connectivity index (χ2v) is 5.14. The summed E-state index contributed by atoms with van der Waals surface area (Å²) in [5.74, 6) is -0.276. The maximum atomic E-state index is 13.3. The number of guanidine groups is 1. The summed E-state index contributed by atoms with van der Waals surface area (Å²) < 4.78 is 13.3. The molecule has 23 heavy (non-hydrogen) atoms. The van der Waals surface area contributed by atoms with Crippen molar-refractivity contribution in [3.8, 4) is 5.75 Å². The van der Waals surface area contributed by atoms with Gasteiger partial charge in [-0.1, -0.05) is 36.4 Å². The van der Waals surface area contributed by atoms with Gasteiger partial charge >= 0.3 is 0 Å². The van der Waals surface area contributed by atoms with Crippen molar-refractivity contribution in [1.29, 1.82) is 0 Å². The molecule has 0 aliphatic heterocycles. The van der Waals surface area contributed by atoms with Gasteiger partial charge in [-0.15, -0.1) is 0 Å². The molecule has 0 bridgehead atoms. The van der Waals surface area contributed by atoms with Crippen molar-refractivity contribution >= 4 is 5.96 Å². The SMILES string of the molecule is CCNC(=NCc1ccc(O)c(F)c1)NCCc1ccccc1. The normalized spacial score (nSPS) is 11.3. The van der Waals surface area contributed by atoms with Crippen LogP contribution >= 0.6 is 0 Å². The van der Waals surface area contributed by atoms with Crippen LogP contribution in [0.2, 0.25) is 0 Å². The van der Waals surface area contributed by atoms with Gasteiger partial charge in [-0.05, 0) is 36.6 Å². The molecule has 2 aromatic rings. The molecule has 5 heteroatoms. The Hall–Kier alpha value is -2.56. The Morgan fingerprint density at radius 2 is 1.87 bits per heavy atom. The number of phenolic OH excluding ortho intramolecular Hbond substituents is 1.